The van der Waals surface area contributed by atoms with Gasteiger partial charge in [0.15, 0.2) is 0 Å². The second-order valence-electron chi connectivity index (χ2n) is 4.47. The van der Waals surface area contributed by atoms with Crippen molar-refractivity contribution in [3.05, 3.63) is 65.2 Å². The molecule has 0 aliphatic heterocycles. The Morgan fingerprint density at radius 3 is 2.55 bits per heavy atom. The van der Waals surface area contributed by atoms with E-state index >= 15 is 0 Å². The van der Waals surface area contributed by atoms with Gasteiger partial charge in [0.1, 0.15) is 13.2 Å². The Morgan fingerprint density at radius 1 is 1.05 bits per heavy atom. The van der Waals surface area contributed by atoms with Gasteiger partial charge < -0.3 is 15.4 Å². The molecule has 0 saturated heterocycles. The molecule has 0 aromatic heterocycles. The standard InChI is InChI=1S/C16H15ClN2O3/c17-13-7-4-8-14(9-13)19-15(20)10-18-16(21)22-11-12-5-2-1-3-6-12/h1-9H,10-11H2,(H,18,21)(H,19,20). The summed E-state index contributed by atoms with van der Waals surface area (Å²) in [5.74, 6) is -0.362. The monoisotopic (exact) mass is 318 g/mol. The van der Waals surface area contributed by atoms with Crippen LogP contribution >= 0.6 is 11.6 Å². The molecule has 114 valence electrons. The molecule has 0 fully saturated rings. The Hall–Kier alpha value is -2.53. The molecule has 0 atom stereocenters. The summed E-state index contributed by atoms with van der Waals surface area (Å²) < 4.78 is 5.00. The highest BCUT2D eigenvalue weighted by Gasteiger charge is 2.07. The second kappa shape index (κ2) is 8.05. The molecule has 0 aliphatic carbocycles. The second-order valence-corrected chi connectivity index (χ2v) is 4.91. The van der Waals surface area contributed by atoms with Crippen LogP contribution in [0.5, 0.6) is 0 Å². The Bertz CT molecular complexity index is 647. The van der Waals surface area contributed by atoms with Crippen molar-refractivity contribution in [2.45, 2.75) is 6.61 Å². The highest BCUT2D eigenvalue weighted by molar-refractivity contribution is 6.30. The average molecular weight is 319 g/mol. The van der Waals surface area contributed by atoms with Gasteiger partial charge in [-0.05, 0) is 23.8 Å². The third-order valence-corrected chi connectivity index (χ3v) is 2.95. The van der Waals surface area contributed by atoms with Gasteiger partial charge in [0.25, 0.3) is 0 Å². The van der Waals surface area contributed by atoms with Crippen molar-refractivity contribution in [1.82, 2.24) is 5.32 Å². The normalized spacial score (nSPS) is 9.86. The van der Waals surface area contributed by atoms with Gasteiger partial charge in [-0.2, -0.15) is 0 Å². The number of carbonyl (C=O) groups excluding carboxylic acids is 2. The minimum absolute atomic E-state index is 0.155. The lowest BCUT2D eigenvalue weighted by Gasteiger charge is -2.08. The smallest absolute Gasteiger partial charge is 0.407 e. The van der Waals surface area contributed by atoms with Crippen LogP contribution in [0.4, 0.5) is 10.5 Å². The molecular weight excluding hydrogens is 304 g/mol. The molecule has 0 bridgehead atoms. The number of alkyl carbamates (subject to hydrolysis) is 1. The van der Waals surface area contributed by atoms with Gasteiger partial charge in [-0.25, -0.2) is 4.79 Å². The summed E-state index contributed by atoms with van der Waals surface area (Å²) in [5, 5.41) is 5.52. The largest absolute Gasteiger partial charge is 0.445 e. The number of hydrogen-bond acceptors (Lipinski definition) is 3. The van der Waals surface area contributed by atoms with E-state index in [0.29, 0.717) is 10.7 Å². The molecule has 0 saturated carbocycles. The Morgan fingerprint density at radius 2 is 1.82 bits per heavy atom. The molecule has 6 heteroatoms. The highest BCUT2D eigenvalue weighted by Crippen LogP contribution is 2.14. The predicted molar refractivity (Wildman–Crippen MR) is 84.7 cm³/mol. The number of anilines is 1. The molecule has 2 aromatic rings. The van der Waals surface area contributed by atoms with Crippen LogP contribution in [0.3, 0.4) is 0 Å². The van der Waals surface area contributed by atoms with Gasteiger partial charge >= 0.3 is 6.09 Å². The summed E-state index contributed by atoms with van der Waals surface area (Å²) in [5.41, 5.74) is 1.44. The maximum Gasteiger partial charge on any atom is 0.407 e. The Balaban J connectivity index is 1.70. The molecule has 0 radical (unpaired) electrons. The Kier molecular flexibility index (Phi) is 5.80. The van der Waals surface area contributed by atoms with E-state index in [0.717, 1.165) is 5.56 Å². The lowest BCUT2D eigenvalue weighted by Crippen LogP contribution is -2.33. The van der Waals surface area contributed by atoms with Crippen molar-refractivity contribution in [1.29, 1.82) is 0 Å². The van der Waals surface area contributed by atoms with Crippen LogP contribution in [0.15, 0.2) is 54.6 Å². The van der Waals surface area contributed by atoms with Crippen LogP contribution in [-0.4, -0.2) is 18.5 Å². The van der Waals surface area contributed by atoms with Crippen LogP contribution in [0.1, 0.15) is 5.56 Å². The number of benzene rings is 2. The maximum atomic E-state index is 11.7. The molecule has 0 heterocycles. The van der Waals surface area contributed by atoms with Crippen LogP contribution < -0.4 is 10.6 Å². The molecule has 0 aliphatic rings. The SMILES string of the molecule is O=C(CNC(=O)OCc1ccccc1)Nc1cccc(Cl)c1. The number of amides is 2. The zero-order valence-corrected chi connectivity index (χ0v) is 12.5. The third kappa shape index (κ3) is 5.46. The minimum Gasteiger partial charge on any atom is -0.445 e. The van der Waals surface area contributed by atoms with E-state index < -0.39 is 6.09 Å². The van der Waals surface area contributed by atoms with E-state index in [1.165, 1.54) is 0 Å². The quantitative estimate of drug-likeness (QED) is 0.889. The van der Waals surface area contributed by atoms with E-state index in [4.69, 9.17) is 16.3 Å². The molecule has 2 aromatic carbocycles. The number of ether oxygens (including phenoxy) is 1. The Labute approximate surface area is 133 Å². The minimum atomic E-state index is -0.648. The summed E-state index contributed by atoms with van der Waals surface area (Å²) in [6, 6.07) is 16.0. The lowest BCUT2D eigenvalue weighted by molar-refractivity contribution is -0.115. The summed E-state index contributed by atoms with van der Waals surface area (Å²) >= 11 is 5.81. The summed E-state index contributed by atoms with van der Waals surface area (Å²) in [6.45, 7) is -0.0251. The van der Waals surface area contributed by atoms with E-state index in [-0.39, 0.29) is 19.1 Å². The van der Waals surface area contributed by atoms with Gasteiger partial charge in [-0.15, -0.1) is 0 Å². The highest BCUT2D eigenvalue weighted by atomic mass is 35.5. The first kappa shape index (κ1) is 15.9. The predicted octanol–water partition coefficient (Wildman–Crippen LogP) is 3.20. The lowest BCUT2D eigenvalue weighted by atomic mass is 10.2. The third-order valence-electron chi connectivity index (χ3n) is 2.71. The molecule has 2 amide bonds. The molecule has 5 nitrogen and oxygen atoms in total. The number of halogens is 1. The van der Waals surface area contributed by atoms with Gasteiger partial charge in [-0.1, -0.05) is 48.0 Å². The summed E-state index contributed by atoms with van der Waals surface area (Å²) in [7, 11) is 0. The van der Waals surface area contributed by atoms with Crippen LogP contribution in [0.25, 0.3) is 0 Å². The number of nitrogens with one attached hydrogen (secondary N) is 2. The fourth-order valence-corrected chi connectivity index (χ4v) is 1.89. The fraction of sp³-hybridized carbons (Fsp3) is 0.125. The molecule has 22 heavy (non-hydrogen) atoms. The molecule has 2 N–H and O–H groups in total. The summed E-state index contributed by atoms with van der Waals surface area (Å²) in [6.07, 6.45) is -0.648. The first-order chi connectivity index (χ1) is 10.6. The van der Waals surface area contributed by atoms with E-state index in [9.17, 15) is 9.59 Å². The van der Waals surface area contributed by atoms with Crippen molar-refractivity contribution in [2.75, 3.05) is 11.9 Å². The van der Waals surface area contributed by atoms with Crippen LogP contribution in [0.2, 0.25) is 5.02 Å². The van der Waals surface area contributed by atoms with Crippen molar-refractivity contribution >= 4 is 29.3 Å². The molecular formula is C16H15ClN2O3. The van der Waals surface area contributed by atoms with Crippen LogP contribution in [-0.2, 0) is 16.1 Å². The molecule has 0 spiro atoms. The zero-order chi connectivity index (χ0) is 15.8. The molecule has 2 rings (SSSR count). The van der Waals surface area contributed by atoms with Gasteiger partial charge in [0.2, 0.25) is 5.91 Å². The first-order valence-corrected chi connectivity index (χ1v) is 7.01. The molecule has 0 unspecified atom stereocenters. The van der Waals surface area contributed by atoms with Gasteiger partial charge in [-0.3, -0.25) is 4.79 Å². The topological polar surface area (TPSA) is 67.4 Å². The zero-order valence-electron chi connectivity index (χ0n) is 11.7. The first-order valence-electron chi connectivity index (χ1n) is 6.63. The maximum absolute atomic E-state index is 11.7. The van der Waals surface area contributed by atoms with Crippen molar-refractivity contribution in [2.24, 2.45) is 0 Å². The number of hydrogen-bond donors (Lipinski definition) is 2. The van der Waals surface area contributed by atoms with E-state index in [1.54, 1.807) is 24.3 Å². The van der Waals surface area contributed by atoms with Gasteiger partial charge in [0, 0.05) is 10.7 Å². The van der Waals surface area contributed by atoms with Gasteiger partial charge in [0.05, 0.1) is 0 Å². The van der Waals surface area contributed by atoms with Crippen molar-refractivity contribution in [3.8, 4) is 0 Å². The van der Waals surface area contributed by atoms with E-state index in [1.807, 2.05) is 30.3 Å². The number of carbonyl (C=O) groups is 2. The van der Waals surface area contributed by atoms with E-state index in [2.05, 4.69) is 10.6 Å². The average Bonchev–Trinajstić information content (AvgIpc) is 2.52. The fourth-order valence-electron chi connectivity index (χ4n) is 1.70. The van der Waals surface area contributed by atoms with Crippen molar-refractivity contribution < 1.29 is 14.3 Å². The summed E-state index contributed by atoms with van der Waals surface area (Å²) in [4.78, 5) is 23.2. The van der Waals surface area contributed by atoms with Crippen LogP contribution in [0, 0.1) is 0 Å². The number of rotatable bonds is 5. The van der Waals surface area contributed by atoms with Crippen molar-refractivity contribution in [3.63, 3.8) is 0 Å².